The molecule has 2 aromatic rings. The van der Waals surface area contributed by atoms with Gasteiger partial charge in [-0.3, -0.25) is 4.79 Å². The lowest BCUT2D eigenvalue weighted by atomic mass is 10.1. The van der Waals surface area contributed by atoms with Crippen molar-refractivity contribution in [2.75, 3.05) is 6.54 Å². The van der Waals surface area contributed by atoms with E-state index in [1.165, 1.54) is 12.5 Å². The van der Waals surface area contributed by atoms with Gasteiger partial charge in [-0.05, 0) is 31.0 Å². The third kappa shape index (κ3) is 3.45. The molecule has 1 amide bonds. The van der Waals surface area contributed by atoms with Crippen LogP contribution in [0.2, 0.25) is 0 Å². The number of hydrogen-bond donors (Lipinski definition) is 2. The first-order valence-corrected chi connectivity index (χ1v) is 6.22. The lowest BCUT2D eigenvalue weighted by Crippen LogP contribution is -2.26. The van der Waals surface area contributed by atoms with Crippen LogP contribution < -0.4 is 5.32 Å². The molecule has 2 N–H and O–H groups in total. The van der Waals surface area contributed by atoms with Gasteiger partial charge in [0.25, 0.3) is 5.91 Å². The monoisotopic (exact) mass is 259 g/mol. The van der Waals surface area contributed by atoms with Crippen LogP contribution in [0.15, 0.2) is 47.3 Å². The van der Waals surface area contributed by atoms with E-state index in [0.717, 1.165) is 11.1 Å². The van der Waals surface area contributed by atoms with Crippen molar-refractivity contribution in [2.45, 2.75) is 19.4 Å². The maximum Gasteiger partial charge on any atom is 0.251 e. The van der Waals surface area contributed by atoms with Gasteiger partial charge in [-0.15, -0.1) is 0 Å². The minimum atomic E-state index is -0.615. The van der Waals surface area contributed by atoms with E-state index in [-0.39, 0.29) is 5.91 Å². The summed E-state index contributed by atoms with van der Waals surface area (Å²) in [6.45, 7) is 2.31. The van der Waals surface area contributed by atoms with Crippen LogP contribution in [0.3, 0.4) is 0 Å². The van der Waals surface area contributed by atoms with Gasteiger partial charge in [0, 0.05) is 17.7 Å². The minimum Gasteiger partial charge on any atom is -0.472 e. The van der Waals surface area contributed by atoms with Gasteiger partial charge in [-0.25, -0.2) is 0 Å². The Morgan fingerprint density at radius 3 is 2.84 bits per heavy atom. The van der Waals surface area contributed by atoms with E-state index >= 15 is 0 Å². The number of rotatable bonds is 5. The molecule has 0 saturated carbocycles. The number of nitrogens with one attached hydrogen (secondary N) is 1. The van der Waals surface area contributed by atoms with Gasteiger partial charge in [0.05, 0.1) is 18.6 Å². The number of furan rings is 1. The molecule has 0 spiro atoms. The second-order valence-electron chi connectivity index (χ2n) is 4.43. The Morgan fingerprint density at radius 1 is 1.37 bits per heavy atom. The van der Waals surface area contributed by atoms with Gasteiger partial charge < -0.3 is 14.8 Å². The van der Waals surface area contributed by atoms with E-state index in [1.807, 2.05) is 25.1 Å². The van der Waals surface area contributed by atoms with Crippen LogP contribution in [0, 0.1) is 6.92 Å². The SMILES string of the molecule is Cc1ccccc1C(=O)NCCC(O)c1ccoc1. The first-order chi connectivity index (χ1) is 9.18. The predicted octanol–water partition coefficient (Wildman–Crippen LogP) is 2.44. The summed E-state index contributed by atoms with van der Waals surface area (Å²) in [5.74, 6) is -0.113. The molecule has 2 rings (SSSR count). The van der Waals surface area contributed by atoms with Crippen LogP contribution >= 0.6 is 0 Å². The zero-order chi connectivity index (χ0) is 13.7. The number of hydrogen-bond acceptors (Lipinski definition) is 3. The second-order valence-corrected chi connectivity index (χ2v) is 4.43. The molecule has 100 valence electrons. The molecule has 4 nitrogen and oxygen atoms in total. The Balaban J connectivity index is 1.83. The Kier molecular flexibility index (Phi) is 4.36. The largest absolute Gasteiger partial charge is 0.472 e. The Labute approximate surface area is 112 Å². The highest BCUT2D eigenvalue weighted by Crippen LogP contribution is 2.16. The van der Waals surface area contributed by atoms with Crippen molar-refractivity contribution in [1.82, 2.24) is 5.32 Å². The molecule has 1 atom stereocenters. The van der Waals surface area contributed by atoms with Crippen molar-refractivity contribution in [1.29, 1.82) is 0 Å². The maximum atomic E-state index is 11.9. The molecule has 0 radical (unpaired) electrons. The zero-order valence-corrected chi connectivity index (χ0v) is 10.8. The van der Waals surface area contributed by atoms with Crippen molar-refractivity contribution in [3.05, 3.63) is 59.5 Å². The highest BCUT2D eigenvalue weighted by Gasteiger charge is 2.11. The van der Waals surface area contributed by atoms with E-state index in [1.54, 1.807) is 12.1 Å². The molecule has 1 unspecified atom stereocenters. The summed E-state index contributed by atoms with van der Waals surface area (Å²) in [5.41, 5.74) is 2.33. The summed E-state index contributed by atoms with van der Waals surface area (Å²) in [5, 5.41) is 12.6. The fraction of sp³-hybridized carbons (Fsp3) is 0.267. The average Bonchev–Trinajstić information content (AvgIpc) is 2.93. The fourth-order valence-electron chi connectivity index (χ4n) is 1.88. The summed E-state index contributed by atoms with van der Waals surface area (Å²) < 4.78 is 4.90. The third-order valence-corrected chi connectivity index (χ3v) is 3.02. The first kappa shape index (κ1) is 13.4. The summed E-state index contributed by atoms with van der Waals surface area (Å²) in [7, 11) is 0. The van der Waals surface area contributed by atoms with Crippen LogP contribution in [-0.2, 0) is 0 Å². The second kappa shape index (κ2) is 6.20. The molecule has 0 saturated heterocycles. The normalized spacial score (nSPS) is 12.1. The van der Waals surface area contributed by atoms with Gasteiger partial charge in [0.1, 0.15) is 0 Å². The van der Waals surface area contributed by atoms with Gasteiger partial charge in [-0.1, -0.05) is 18.2 Å². The zero-order valence-electron chi connectivity index (χ0n) is 10.8. The minimum absolute atomic E-state index is 0.113. The molecule has 1 aromatic carbocycles. The lowest BCUT2D eigenvalue weighted by molar-refractivity contribution is 0.0942. The molecule has 1 heterocycles. The number of carbonyl (C=O) groups is 1. The molecular formula is C15H17NO3. The standard InChI is InChI=1S/C15H17NO3/c1-11-4-2-3-5-13(11)15(18)16-8-6-14(17)12-7-9-19-10-12/h2-5,7,9-10,14,17H,6,8H2,1H3,(H,16,18). The van der Waals surface area contributed by atoms with Crippen LogP contribution in [0.4, 0.5) is 0 Å². The van der Waals surface area contributed by atoms with E-state index < -0.39 is 6.10 Å². The maximum absolute atomic E-state index is 11.9. The number of aryl methyl sites for hydroxylation is 1. The average molecular weight is 259 g/mol. The van der Waals surface area contributed by atoms with Crippen LogP contribution in [0.1, 0.15) is 34.0 Å². The van der Waals surface area contributed by atoms with Crippen LogP contribution in [-0.4, -0.2) is 17.6 Å². The molecule has 0 aliphatic rings. The smallest absolute Gasteiger partial charge is 0.251 e. The van der Waals surface area contributed by atoms with Crippen LogP contribution in [0.5, 0.6) is 0 Å². The van der Waals surface area contributed by atoms with Crippen molar-refractivity contribution in [3.8, 4) is 0 Å². The Hall–Kier alpha value is -2.07. The number of aliphatic hydroxyl groups excluding tert-OH is 1. The van der Waals surface area contributed by atoms with Crippen molar-refractivity contribution in [2.24, 2.45) is 0 Å². The van der Waals surface area contributed by atoms with E-state index in [0.29, 0.717) is 18.5 Å². The van der Waals surface area contributed by atoms with Crippen LogP contribution in [0.25, 0.3) is 0 Å². The van der Waals surface area contributed by atoms with E-state index in [9.17, 15) is 9.90 Å². The molecule has 19 heavy (non-hydrogen) atoms. The molecule has 4 heteroatoms. The highest BCUT2D eigenvalue weighted by molar-refractivity contribution is 5.95. The topological polar surface area (TPSA) is 62.5 Å². The molecule has 0 bridgehead atoms. The molecule has 0 aliphatic carbocycles. The quantitative estimate of drug-likeness (QED) is 0.867. The summed E-state index contributed by atoms with van der Waals surface area (Å²) in [4.78, 5) is 11.9. The Morgan fingerprint density at radius 2 is 2.16 bits per heavy atom. The first-order valence-electron chi connectivity index (χ1n) is 6.22. The number of carbonyl (C=O) groups excluding carboxylic acids is 1. The van der Waals surface area contributed by atoms with Crippen molar-refractivity contribution >= 4 is 5.91 Å². The Bertz CT molecular complexity index is 534. The van der Waals surface area contributed by atoms with Crippen molar-refractivity contribution < 1.29 is 14.3 Å². The van der Waals surface area contributed by atoms with Gasteiger partial charge in [0.2, 0.25) is 0 Å². The highest BCUT2D eigenvalue weighted by atomic mass is 16.3. The summed E-state index contributed by atoms with van der Waals surface area (Å²) >= 11 is 0. The van der Waals surface area contributed by atoms with E-state index in [2.05, 4.69) is 5.32 Å². The third-order valence-electron chi connectivity index (χ3n) is 3.02. The van der Waals surface area contributed by atoms with Gasteiger partial charge in [0.15, 0.2) is 0 Å². The molecular weight excluding hydrogens is 242 g/mol. The van der Waals surface area contributed by atoms with Gasteiger partial charge in [-0.2, -0.15) is 0 Å². The lowest BCUT2D eigenvalue weighted by Gasteiger charge is -2.10. The summed E-state index contributed by atoms with van der Waals surface area (Å²) in [6, 6.07) is 9.14. The molecule has 0 aliphatic heterocycles. The molecule has 1 aromatic heterocycles. The fourth-order valence-corrected chi connectivity index (χ4v) is 1.88. The predicted molar refractivity (Wildman–Crippen MR) is 71.8 cm³/mol. The van der Waals surface area contributed by atoms with Crippen molar-refractivity contribution in [3.63, 3.8) is 0 Å². The number of aliphatic hydroxyl groups is 1. The van der Waals surface area contributed by atoms with Gasteiger partial charge >= 0.3 is 0 Å². The number of benzene rings is 1. The van der Waals surface area contributed by atoms with E-state index in [4.69, 9.17) is 4.42 Å². The summed E-state index contributed by atoms with van der Waals surface area (Å²) in [6.07, 6.45) is 2.87. The molecule has 0 fully saturated rings. The number of amides is 1.